The number of aromatic nitrogens is 1. The highest BCUT2D eigenvalue weighted by atomic mass is 16.1. The number of carbonyl (C=O) groups excluding carboxylic acids is 1. The smallest absolute Gasteiger partial charge is 0.262 e. The Kier molecular flexibility index (Phi) is 5.48. The number of rotatable bonds is 4. The summed E-state index contributed by atoms with van der Waals surface area (Å²) in [4.78, 5) is 12.2. The molecule has 0 bridgehead atoms. The largest absolute Gasteiger partial charge is 0.349 e. The zero-order chi connectivity index (χ0) is 18.7. The Balaban J connectivity index is 2.53. The Labute approximate surface area is 149 Å². The molecule has 4 heteroatoms. The van der Waals surface area contributed by atoms with Crippen molar-refractivity contribution >= 4 is 12.0 Å². The van der Waals surface area contributed by atoms with Crippen molar-refractivity contribution in [3.05, 3.63) is 57.9 Å². The van der Waals surface area contributed by atoms with Gasteiger partial charge in [0.25, 0.3) is 5.91 Å². The van der Waals surface area contributed by atoms with Gasteiger partial charge in [0.15, 0.2) is 0 Å². The number of nitriles is 1. The van der Waals surface area contributed by atoms with Gasteiger partial charge in [-0.3, -0.25) is 4.79 Å². The third-order valence-electron chi connectivity index (χ3n) is 4.37. The standard InChI is InChI=1S/C21H25N3O/c1-13(2)23-21(25)19(12-22)11-18-10-15(4)24(17(18)6)20-9-7-8-14(3)16(20)5/h7-11,13H,1-6H3,(H,23,25)/b19-11-. The van der Waals surface area contributed by atoms with E-state index in [-0.39, 0.29) is 17.5 Å². The van der Waals surface area contributed by atoms with Crippen molar-refractivity contribution in [3.63, 3.8) is 0 Å². The van der Waals surface area contributed by atoms with Crippen LogP contribution in [0.4, 0.5) is 0 Å². The molecule has 1 heterocycles. The van der Waals surface area contributed by atoms with Crippen LogP contribution in [0.1, 0.15) is 41.9 Å². The van der Waals surface area contributed by atoms with Crippen molar-refractivity contribution < 1.29 is 4.79 Å². The van der Waals surface area contributed by atoms with E-state index in [9.17, 15) is 10.1 Å². The number of nitrogens with one attached hydrogen (secondary N) is 1. The molecule has 1 aromatic carbocycles. The van der Waals surface area contributed by atoms with Gasteiger partial charge >= 0.3 is 0 Å². The first-order valence-electron chi connectivity index (χ1n) is 8.44. The van der Waals surface area contributed by atoms with Crippen molar-refractivity contribution in [2.24, 2.45) is 0 Å². The van der Waals surface area contributed by atoms with Crippen LogP contribution in [0, 0.1) is 39.0 Å². The zero-order valence-electron chi connectivity index (χ0n) is 15.8. The molecule has 0 saturated carbocycles. The van der Waals surface area contributed by atoms with E-state index >= 15 is 0 Å². The quantitative estimate of drug-likeness (QED) is 0.674. The van der Waals surface area contributed by atoms with Crippen LogP contribution in [0.3, 0.4) is 0 Å². The van der Waals surface area contributed by atoms with Crippen molar-refractivity contribution in [2.75, 3.05) is 0 Å². The monoisotopic (exact) mass is 335 g/mol. The average molecular weight is 335 g/mol. The number of aryl methyl sites for hydroxylation is 2. The second-order valence-electron chi connectivity index (χ2n) is 6.68. The van der Waals surface area contributed by atoms with Crippen LogP contribution in [0.2, 0.25) is 0 Å². The summed E-state index contributed by atoms with van der Waals surface area (Å²) in [6.45, 7) is 12.0. The molecule has 2 aromatic rings. The molecule has 0 radical (unpaired) electrons. The molecule has 1 amide bonds. The molecule has 25 heavy (non-hydrogen) atoms. The van der Waals surface area contributed by atoms with Gasteiger partial charge in [-0.05, 0) is 76.4 Å². The number of nitrogens with zero attached hydrogens (tertiary/aromatic N) is 2. The molecule has 0 unspecified atom stereocenters. The van der Waals surface area contributed by atoms with E-state index in [1.165, 1.54) is 11.1 Å². The number of hydrogen-bond acceptors (Lipinski definition) is 2. The molecule has 0 aliphatic carbocycles. The van der Waals surface area contributed by atoms with Gasteiger partial charge in [-0.1, -0.05) is 12.1 Å². The van der Waals surface area contributed by atoms with Crippen molar-refractivity contribution in [2.45, 2.75) is 47.6 Å². The summed E-state index contributed by atoms with van der Waals surface area (Å²) in [6.07, 6.45) is 1.67. The van der Waals surface area contributed by atoms with E-state index in [0.717, 1.165) is 22.6 Å². The second-order valence-corrected chi connectivity index (χ2v) is 6.68. The normalized spacial score (nSPS) is 11.5. The molecular weight excluding hydrogens is 310 g/mol. The zero-order valence-corrected chi connectivity index (χ0v) is 15.8. The molecular formula is C21H25N3O. The Bertz CT molecular complexity index is 879. The van der Waals surface area contributed by atoms with Gasteiger partial charge in [-0.25, -0.2) is 0 Å². The highest BCUT2D eigenvalue weighted by Crippen LogP contribution is 2.26. The van der Waals surface area contributed by atoms with E-state index in [0.29, 0.717) is 0 Å². The van der Waals surface area contributed by atoms with E-state index in [4.69, 9.17) is 0 Å². The van der Waals surface area contributed by atoms with Crippen LogP contribution in [0.15, 0.2) is 29.8 Å². The molecule has 4 nitrogen and oxygen atoms in total. The SMILES string of the molecule is Cc1cccc(-n2c(C)cc(/C=C(/C#N)C(=O)NC(C)C)c2C)c1C. The van der Waals surface area contributed by atoms with Crippen LogP contribution in [0.25, 0.3) is 11.8 Å². The van der Waals surface area contributed by atoms with Crippen molar-refractivity contribution in [1.82, 2.24) is 9.88 Å². The summed E-state index contributed by atoms with van der Waals surface area (Å²) in [5, 5.41) is 12.1. The first kappa shape index (κ1) is 18.5. The van der Waals surface area contributed by atoms with Crippen molar-refractivity contribution in [1.29, 1.82) is 5.26 Å². The molecule has 0 aliphatic rings. The lowest BCUT2D eigenvalue weighted by Gasteiger charge is -2.14. The fraction of sp³-hybridized carbons (Fsp3) is 0.333. The second kappa shape index (κ2) is 7.40. The molecule has 0 aliphatic heterocycles. The number of amides is 1. The maximum Gasteiger partial charge on any atom is 0.262 e. The molecule has 0 spiro atoms. The minimum absolute atomic E-state index is 0.00775. The Morgan fingerprint density at radius 1 is 1.24 bits per heavy atom. The number of hydrogen-bond donors (Lipinski definition) is 1. The molecule has 0 atom stereocenters. The average Bonchev–Trinajstić information content (AvgIpc) is 2.81. The van der Waals surface area contributed by atoms with E-state index < -0.39 is 0 Å². The summed E-state index contributed by atoms with van der Waals surface area (Å²) in [7, 11) is 0. The maximum atomic E-state index is 12.2. The van der Waals surface area contributed by atoms with Gasteiger partial charge in [0, 0.05) is 23.1 Å². The van der Waals surface area contributed by atoms with Crippen LogP contribution in [0.5, 0.6) is 0 Å². The van der Waals surface area contributed by atoms with Gasteiger partial charge in [0.05, 0.1) is 0 Å². The Hall–Kier alpha value is -2.80. The van der Waals surface area contributed by atoms with Crippen LogP contribution < -0.4 is 5.32 Å². The lowest BCUT2D eigenvalue weighted by atomic mass is 10.1. The lowest BCUT2D eigenvalue weighted by Crippen LogP contribution is -2.30. The summed E-state index contributed by atoms with van der Waals surface area (Å²) in [5.74, 6) is -0.339. The summed E-state index contributed by atoms with van der Waals surface area (Å²) >= 11 is 0. The van der Waals surface area contributed by atoms with Gasteiger partial charge in [-0.2, -0.15) is 5.26 Å². The lowest BCUT2D eigenvalue weighted by molar-refractivity contribution is -0.117. The Morgan fingerprint density at radius 3 is 2.52 bits per heavy atom. The number of carbonyl (C=O) groups is 1. The minimum Gasteiger partial charge on any atom is -0.349 e. The molecule has 0 fully saturated rings. The summed E-state index contributed by atoms with van der Waals surface area (Å²) in [5.41, 5.74) is 6.66. The summed E-state index contributed by atoms with van der Waals surface area (Å²) in [6, 6.07) is 10.2. The minimum atomic E-state index is -0.339. The fourth-order valence-electron chi connectivity index (χ4n) is 2.93. The van der Waals surface area contributed by atoms with E-state index in [1.807, 2.05) is 45.9 Å². The van der Waals surface area contributed by atoms with Gasteiger partial charge in [-0.15, -0.1) is 0 Å². The van der Waals surface area contributed by atoms with Gasteiger partial charge < -0.3 is 9.88 Å². The molecule has 0 saturated heterocycles. The third-order valence-corrected chi connectivity index (χ3v) is 4.37. The van der Waals surface area contributed by atoms with Crippen LogP contribution in [-0.2, 0) is 4.79 Å². The first-order chi connectivity index (χ1) is 11.8. The Morgan fingerprint density at radius 2 is 1.92 bits per heavy atom. The first-order valence-corrected chi connectivity index (χ1v) is 8.44. The fourth-order valence-corrected chi connectivity index (χ4v) is 2.93. The van der Waals surface area contributed by atoms with E-state index in [2.05, 4.69) is 35.9 Å². The molecule has 130 valence electrons. The topological polar surface area (TPSA) is 57.8 Å². The predicted octanol–water partition coefficient (Wildman–Crippen LogP) is 4.14. The number of benzene rings is 1. The maximum absolute atomic E-state index is 12.2. The molecule has 1 N–H and O–H groups in total. The predicted molar refractivity (Wildman–Crippen MR) is 102 cm³/mol. The molecule has 1 aromatic heterocycles. The highest BCUT2D eigenvalue weighted by molar-refractivity contribution is 6.02. The highest BCUT2D eigenvalue weighted by Gasteiger charge is 2.15. The van der Waals surface area contributed by atoms with Gasteiger partial charge in [0.1, 0.15) is 11.6 Å². The molecule has 2 rings (SSSR count). The van der Waals surface area contributed by atoms with Crippen LogP contribution >= 0.6 is 0 Å². The van der Waals surface area contributed by atoms with E-state index in [1.54, 1.807) is 6.08 Å². The van der Waals surface area contributed by atoms with Crippen LogP contribution in [-0.4, -0.2) is 16.5 Å². The van der Waals surface area contributed by atoms with Gasteiger partial charge in [0.2, 0.25) is 0 Å². The third kappa shape index (κ3) is 3.83. The van der Waals surface area contributed by atoms with Crippen molar-refractivity contribution in [3.8, 4) is 11.8 Å². The summed E-state index contributed by atoms with van der Waals surface area (Å²) < 4.78 is 2.17.